The first-order valence-corrected chi connectivity index (χ1v) is 5.57. The van der Waals surface area contributed by atoms with Gasteiger partial charge < -0.3 is 15.2 Å². The zero-order valence-corrected chi connectivity index (χ0v) is 9.35. The van der Waals surface area contributed by atoms with Gasteiger partial charge in [-0.1, -0.05) is 36.4 Å². The van der Waals surface area contributed by atoms with Crippen molar-refractivity contribution in [3.63, 3.8) is 0 Å². The first-order valence-electron chi connectivity index (χ1n) is 5.57. The Morgan fingerprint density at radius 2 is 1.82 bits per heavy atom. The molecule has 86 valence electrons. The van der Waals surface area contributed by atoms with Gasteiger partial charge in [-0.2, -0.15) is 0 Å². The molecule has 0 atom stereocenters. The highest BCUT2D eigenvalue weighted by molar-refractivity contribution is 5.72. The predicted octanol–water partition coefficient (Wildman–Crippen LogP) is 2.54. The molecule has 3 rings (SSSR count). The van der Waals surface area contributed by atoms with Gasteiger partial charge in [0.2, 0.25) is 6.79 Å². The van der Waals surface area contributed by atoms with E-state index >= 15 is 0 Å². The minimum absolute atomic E-state index is 0.278. The van der Waals surface area contributed by atoms with Gasteiger partial charge in [-0.15, -0.1) is 0 Å². The molecular formula is C14H13NO2. The summed E-state index contributed by atoms with van der Waals surface area (Å²) in [5.74, 6) is 1.57. The van der Waals surface area contributed by atoms with Gasteiger partial charge in [0.15, 0.2) is 11.5 Å². The molecule has 2 aromatic rings. The fourth-order valence-corrected chi connectivity index (χ4v) is 2.12. The van der Waals surface area contributed by atoms with Gasteiger partial charge in [-0.25, -0.2) is 0 Å². The molecular weight excluding hydrogens is 214 g/mol. The lowest BCUT2D eigenvalue weighted by molar-refractivity contribution is 0.173. The van der Waals surface area contributed by atoms with Crippen LogP contribution >= 0.6 is 0 Å². The molecule has 0 radical (unpaired) electrons. The smallest absolute Gasteiger partial charge is 0.231 e. The third-order valence-electron chi connectivity index (χ3n) is 2.93. The number of benzene rings is 2. The van der Waals surface area contributed by atoms with Crippen molar-refractivity contribution in [1.29, 1.82) is 0 Å². The van der Waals surface area contributed by atoms with E-state index in [1.54, 1.807) is 0 Å². The van der Waals surface area contributed by atoms with Crippen LogP contribution in [0.4, 0.5) is 0 Å². The zero-order valence-electron chi connectivity index (χ0n) is 9.35. The average Bonchev–Trinajstić information content (AvgIpc) is 2.86. The van der Waals surface area contributed by atoms with E-state index < -0.39 is 0 Å². The van der Waals surface area contributed by atoms with Crippen LogP contribution in [0.15, 0.2) is 42.5 Å². The van der Waals surface area contributed by atoms with E-state index in [2.05, 4.69) is 12.1 Å². The molecule has 2 N–H and O–H groups in total. The summed E-state index contributed by atoms with van der Waals surface area (Å²) >= 11 is 0. The van der Waals surface area contributed by atoms with Gasteiger partial charge in [-0.05, 0) is 17.2 Å². The highest BCUT2D eigenvalue weighted by Gasteiger charge is 2.20. The fraction of sp³-hybridized carbons (Fsp3) is 0.143. The SMILES string of the molecule is NCc1c(-c2ccccc2)ccc2c1OCO2. The van der Waals surface area contributed by atoms with Crippen LogP contribution in [0.25, 0.3) is 11.1 Å². The van der Waals surface area contributed by atoms with Gasteiger partial charge in [-0.3, -0.25) is 0 Å². The molecule has 1 heterocycles. The summed E-state index contributed by atoms with van der Waals surface area (Å²) in [6.07, 6.45) is 0. The fourth-order valence-electron chi connectivity index (χ4n) is 2.12. The molecule has 1 aliphatic rings. The van der Waals surface area contributed by atoms with E-state index in [-0.39, 0.29) is 6.79 Å². The Balaban J connectivity index is 2.18. The van der Waals surface area contributed by atoms with Crippen LogP contribution in [0.3, 0.4) is 0 Å². The molecule has 0 saturated carbocycles. The second-order valence-electron chi connectivity index (χ2n) is 3.90. The summed E-state index contributed by atoms with van der Waals surface area (Å²) in [5.41, 5.74) is 9.08. The van der Waals surface area contributed by atoms with Crippen molar-refractivity contribution in [2.24, 2.45) is 5.73 Å². The molecule has 0 aromatic heterocycles. The molecule has 0 fully saturated rings. The molecule has 2 aromatic carbocycles. The normalized spacial score (nSPS) is 12.8. The van der Waals surface area contributed by atoms with Crippen LogP contribution in [-0.4, -0.2) is 6.79 Å². The molecule has 0 amide bonds. The van der Waals surface area contributed by atoms with Crippen LogP contribution in [-0.2, 0) is 6.54 Å². The van der Waals surface area contributed by atoms with E-state index in [0.29, 0.717) is 6.54 Å². The molecule has 0 unspecified atom stereocenters. The Kier molecular flexibility index (Phi) is 2.46. The minimum atomic E-state index is 0.278. The first kappa shape index (κ1) is 10.2. The van der Waals surface area contributed by atoms with Crippen LogP contribution < -0.4 is 15.2 Å². The van der Waals surface area contributed by atoms with Gasteiger partial charge in [0, 0.05) is 12.1 Å². The monoisotopic (exact) mass is 227 g/mol. The Morgan fingerprint density at radius 1 is 1.00 bits per heavy atom. The first-order chi connectivity index (χ1) is 8.40. The van der Waals surface area contributed by atoms with Gasteiger partial charge in [0.25, 0.3) is 0 Å². The molecule has 0 bridgehead atoms. The molecule has 0 spiro atoms. The average molecular weight is 227 g/mol. The highest BCUT2D eigenvalue weighted by Crippen LogP contribution is 2.40. The summed E-state index contributed by atoms with van der Waals surface area (Å²) in [5, 5.41) is 0. The number of nitrogens with two attached hydrogens (primary N) is 1. The van der Waals surface area contributed by atoms with Gasteiger partial charge >= 0.3 is 0 Å². The quantitative estimate of drug-likeness (QED) is 0.857. The molecule has 3 nitrogen and oxygen atoms in total. The largest absolute Gasteiger partial charge is 0.454 e. The van der Waals surface area contributed by atoms with Crippen molar-refractivity contribution in [1.82, 2.24) is 0 Å². The van der Waals surface area contributed by atoms with Gasteiger partial charge in [0.05, 0.1) is 0 Å². The van der Waals surface area contributed by atoms with Crippen LogP contribution in [0, 0.1) is 0 Å². The number of rotatable bonds is 2. The number of hydrogen-bond donors (Lipinski definition) is 1. The summed E-state index contributed by atoms with van der Waals surface area (Å²) in [7, 11) is 0. The number of hydrogen-bond acceptors (Lipinski definition) is 3. The van der Waals surface area contributed by atoms with E-state index in [1.165, 1.54) is 0 Å². The van der Waals surface area contributed by atoms with Crippen molar-refractivity contribution >= 4 is 0 Å². The molecule has 1 aliphatic heterocycles. The molecule has 0 saturated heterocycles. The number of fused-ring (bicyclic) bond motifs is 1. The molecule has 3 heteroatoms. The van der Waals surface area contributed by atoms with Crippen molar-refractivity contribution in [3.05, 3.63) is 48.0 Å². The lowest BCUT2D eigenvalue weighted by Crippen LogP contribution is -2.01. The summed E-state index contributed by atoms with van der Waals surface area (Å²) < 4.78 is 10.8. The Labute approximate surface area is 99.8 Å². The number of ether oxygens (including phenoxy) is 2. The maximum atomic E-state index is 5.83. The summed E-state index contributed by atoms with van der Waals surface area (Å²) in [4.78, 5) is 0. The Hall–Kier alpha value is -2.00. The maximum Gasteiger partial charge on any atom is 0.231 e. The minimum Gasteiger partial charge on any atom is -0.454 e. The van der Waals surface area contributed by atoms with Gasteiger partial charge in [0.1, 0.15) is 0 Å². The topological polar surface area (TPSA) is 44.5 Å². The summed E-state index contributed by atoms with van der Waals surface area (Å²) in [6, 6.07) is 14.1. The van der Waals surface area contributed by atoms with Crippen LogP contribution in [0.2, 0.25) is 0 Å². The summed E-state index contributed by atoms with van der Waals surface area (Å²) in [6.45, 7) is 0.720. The van der Waals surface area contributed by atoms with E-state index in [4.69, 9.17) is 15.2 Å². The second kappa shape index (κ2) is 4.11. The third-order valence-corrected chi connectivity index (χ3v) is 2.93. The van der Waals surface area contributed by atoms with Crippen molar-refractivity contribution in [3.8, 4) is 22.6 Å². The Morgan fingerprint density at radius 3 is 2.59 bits per heavy atom. The third kappa shape index (κ3) is 1.65. The van der Waals surface area contributed by atoms with Crippen LogP contribution in [0.1, 0.15) is 5.56 Å². The van der Waals surface area contributed by atoms with Crippen LogP contribution in [0.5, 0.6) is 11.5 Å². The van der Waals surface area contributed by atoms with E-state index in [0.717, 1.165) is 28.2 Å². The molecule has 17 heavy (non-hydrogen) atoms. The predicted molar refractivity (Wildman–Crippen MR) is 65.9 cm³/mol. The Bertz CT molecular complexity index is 537. The zero-order chi connectivity index (χ0) is 11.7. The van der Waals surface area contributed by atoms with Crippen molar-refractivity contribution < 1.29 is 9.47 Å². The van der Waals surface area contributed by atoms with E-state index in [9.17, 15) is 0 Å². The highest BCUT2D eigenvalue weighted by atomic mass is 16.7. The van der Waals surface area contributed by atoms with E-state index in [1.807, 2.05) is 30.3 Å². The lowest BCUT2D eigenvalue weighted by atomic mass is 9.98. The second-order valence-corrected chi connectivity index (χ2v) is 3.90. The maximum absolute atomic E-state index is 5.83. The van der Waals surface area contributed by atoms with Crippen molar-refractivity contribution in [2.45, 2.75) is 6.54 Å². The lowest BCUT2D eigenvalue weighted by Gasteiger charge is -2.10. The van der Waals surface area contributed by atoms with Crippen molar-refractivity contribution in [2.75, 3.05) is 6.79 Å². The standard InChI is InChI=1S/C14H13NO2/c15-8-12-11(10-4-2-1-3-5-10)6-7-13-14(12)17-9-16-13/h1-7H,8-9,15H2. The molecule has 0 aliphatic carbocycles.